The average Bonchev–Trinajstić information content (AvgIpc) is 3.68. The minimum Gasteiger partial charge on any atom is -0.457 e. The Balaban J connectivity index is 1.28. The van der Waals surface area contributed by atoms with Crippen LogP contribution < -0.4 is 10.6 Å². The number of anilines is 3. The maximum absolute atomic E-state index is 14.0. The molecule has 1 saturated carbocycles. The summed E-state index contributed by atoms with van der Waals surface area (Å²) in [5, 5.41) is 8.12. The Hall–Kier alpha value is -3.55. The van der Waals surface area contributed by atoms with E-state index >= 15 is 0 Å². The van der Waals surface area contributed by atoms with Crippen LogP contribution in [0.3, 0.4) is 0 Å². The smallest absolute Gasteiger partial charge is 0.408 e. The predicted molar refractivity (Wildman–Crippen MR) is 137 cm³/mol. The van der Waals surface area contributed by atoms with Gasteiger partial charge in [-0.15, -0.1) is 0 Å². The first kappa shape index (κ1) is 26.7. The fourth-order valence-corrected chi connectivity index (χ4v) is 6.48. The number of likely N-dealkylation sites (tertiary alicyclic amines) is 1. The van der Waals surface area contributed by atoms with E-state index in [0.29, 0.717) is 55.4 Å². The van der Waals surface area contributed by atoms with Gasteiger partial charge in [0.25, 0.3) is 6.02 Å². The molecule has 2 aromatic rings. The summed E-state index contributed by atoms with van der Waals surface area (Å²) in [5.41, 5.74) is 6.58. The summed E-state index contributed by atoms with van der Waals surface area (Å²) in [6, 6.07) is -2.36. The van der Waals surface area contributed by atoms with Crippen molar-refractivity contribution in [2.45, 2.75) is 81.5 Å². The van der Waals surface area contributed by atoms with Gasteiger partial charge in [0, 0.05) is 25.7 Å². The van der Waals surface area contributed by atoms with E-state index in [2.05, 4.69) is 19.9 Å². The second-order valence-electron chi connectivity index (χ2n) is 10.8. The molecule has 0 radical (unpaired) electrons. The molecule has 40 heavy (non-hydrogen) atoms. The summed E-state index contributed by atoms with van der Waals surface area (Å²) in [4.78, 5) is 34.4. The number of amidine groups is 1. The van der Waals surface area contributed by atoms with E-state index in [1.807, 2.05) is 0 Å². The van der Waals surface area contributed by atoms with E-state index in [1.54, 1.807) is 12.4 Å². The molecule has 214 valence electrons. The van der Waals surface area contributed by atoms with Gasteiger partial charge in [0.2, 0.25) is 5.91 Å². The number of amides is 1. The predicted octanol–water partition coefficient (Wildman–Crippen LogP) is 3.71. The van der Waals surface area contributed by atoms with Crippen LogP contribution in [0.2, 0.25) is 0 Å². The number of rotatable bonds is 4. The molecule has 1 atom stereocenters. The number of alkyl halides is 3. The van der Waals surface area contributed by atoms with E-state index in [0.717, 1.165) is 30.6 Å². The zero-order chi connectivity index (χ0) is 28.1. The molecular weight excluding hydrogens is 529 g/mol. The highest BCUT2D eigenvalue weighted by Gasteiger charge is 2.55. The Labute approximate surface area is 228 Å². The molecule has 1 spiro atoms. The molecule has 11 nitrogen and oxygen atoms in total. The van der Waals surface area contributed by atoms with Gasteiger partial charge in [0.15, 0.2) is 12.4 Å². The molecule has 6 rings (SSSR count). The molecule has 0 unspecified atom stereocenters. The van der Waals surface area contributed by atoms with E-state index in [-0.39, 0.29) is 43.0 Å². The number of nitrogens with zero attached hydrogens (tertiary/aromatic N) is 6. The third kappa shape index (κ3) is 4.51. The van der Waals surface area contributed by atoms with Gasteiger partial charge >= 0.3 is 6.18 Å². The monoisotopic (exact) mass is 560 g/mol. The number of nitrogen functional groups attached to an aromatic ring is 1. The second-order valence-corrected chi connectivity index (χ2v) is 10.8. The SMILES string of the molecule is N=C(OCc1nc(N)c2c(n1)N(c1cnc(C3CCOCC3)nc1)C(=O)C21CCCC1)N1CCC[C@@H]1C(F)(F)F. The highest BCUT2D eigenvalue weighted by Crippen LogP contribution is 2.54. The van der Waals surface area contributed by atoms with Crippen molar-refractivity contribution in [2.24, 2.45) is 0 Å². The van der Waals surface area contributed by atoms with Crippen LogP contribution in [-0.4, -0.2) is 68.7 Å². The van der Waals surface area contributed by atoms with Gasteiger partial charge in [-0.25, -0.2) is 19.9 Å². The summed E-state index contributed by atoms with van der Waals surface area (Å²) in [6.45, 7) is 1.02. The van der Waals surface area contributed by atoms with E-state index in [9.17, 15) is 18.0 Å². The minimum absolute atomic E-state index is 0.0661. The van der Waals surface area contributed by atoms with Crippen LogP contribution in [0.4, 0.5) is 30.5 Å². The fraction of sp³-hybridized carbons (Fsp3) is 0.615. The first-order valence-electron chi connectivity index (χ1n) is 13.6. The lowest BCUT2D eigenvalue weighted by Crippen LogP contribution is -2.45. The number of nitrogens with one attached hydrogen (secondary N) is 1. The lowest BCUT2D eigenvalue weighted by Gasteiger charge is -2.27. The third-order valence-corrected chi connectivity index (χ3v) is 8.46. The molecule has 2 saturated heterocycles. The van der Waals surface area contributed by atoms with Gasteiger partial charge in [-0.05, 0) is 38.5 Å². The Bertz CT molecular complexity index is 1290. The van der Waals surface area contributed by atoms with Crippen molar-refractivity contribution in [1.29, 1.82) is 5.41 Å². The van der Waals surface area contributed by atoms with Gasteiger partial charge in [-0.2, -0.15) is 13.2 Å². The van der Waals surface area contributed by atoms with Crippen molar-refractivity contribution in [3.8, 4) is 0 Å². The van der Waals surface area contributed by atoms with Crippen LogP contribution >= 0.6 is 0 Å². The van der Waals surface area contributed by atoms with Crippen LogP contribution in [0, 0.1) is 5.41 Å². The Morgan fingerprint density at radius 2 is 1.82 bits per heavy atom. The molecule has 0 bridgehead atoms. The number of carbonyl (C=O) groups is 1. The van der Waals surface area contributed by atoms with E-state index < -0.39 is 23.7 Å². The maximum atomic E-state index is 14.0. The van der Waals surface area contributed by atoms with Gasteiger partial charge in [0.1, 0.15) is 23.5 Å². The second kappa shape index (κ2) is 10.1. The lowest BCUT2D eigenvalue weighted by molar-refractivity contribution is -0.169. The fourth-order valence-electron chi connectivity index (χ4n) is 6.48. The number of hydrogen-bond donors (Lipinski definition) is 2. The van der Waals surface area contributed by atoms with Gasteiger partial charge < -0.3 is 20.1 Å². The summed E-state index contributed by atoms with van der Waals surface area (Å²) >= 11 is 0. The van der Waals surface area contributed by atoms with E-state index in [4.69, 9.17) is 20.6 Å². The average molecular weight is 561 g/mol. The number of ether oxygens (including phenoxy) is 2. The first-order valence-corrected chi connectivity index (χ1v) is 13.6. The number of hydrogen-bond acceptors (Lipinski definition) is 9. The van der Waals surface area contributed by atoms with Crippen molar-refractivity contribution in [2.75, 3.05) is 30.4 Å². The Morgan fingerprint density at radius 3 is 2.50 bits per heavy atom. The van der Waals surface area contributed by atoms with Crippen molar-refractivity contribution in [1.82, 2.24) is 24.8 Å². The zero-order valence-electron chi connectivity index (χ0n) is 21.9. The molecule has 5 heterocycles. The normalized spacial score (nSPS) is 22.8. The van der Waals surface area contributed by atoms with Crippen LogP contribution in [0.25, 0.3) is 0 Å². The molecule has 4 aliphatic rings. The molecule has 0 aromatic carbocycles. The van der Waals surface area contributed by atoms with Crippen molar-refractivity contribution in [3.63, 3.8) is 0 Å². The Kier molecular flexibility index (Phi) is 6.75. The molecular formula is C26H31F3N8O3. The van der Waals surface area contributed by atoms with Gasteiger partial charge in [-0.3, -0.25) is 15.1 Å². The lowest BCUT2D eigenvalue weighted by atomic mass is 9.80. The highest BCUT2D eigenvalue weighted by molar-refractivity contribution is 6.13. The van der Waals surface area contributed by atoms with Gasteiger partial charge in [0.05, 0.1) is 29.1 Å². The molecule has 1 amide bonds. The van der Waals surface area contributed by atoms with E-state index in [1.165, 1.54) is 4.90 Å². The summed E-state index contributed by atoms with van der Waals surface area (Å²) in [6.07, 6.45) is 3.58. The van der Waals surface area contributed by atoms with Crippen molar-refractivity contribution < 1.29 is 27.4 Å². The first-order chi connectivity index (χ1) is 19.2. The van der Waals surface area contributed by atoms with Crippen molar-refractivity contribution >= 4 is 29.3 Å². The maximum Gasteiger partial charge on any atom is 0.408 e. The summed E-state index contributed by atoms with van der Waals surface area (Å²) in [5.74, 6) is 1.22. The molecule has 2 aromatic heterocycles. The van der Waals surface area contributed by atoms with Crippen LogP contribution in [-0.2, 0) is 26.3 Å². The largest absolute Gasteiger partial charge is 0.457 e. The Morgan fingerprint density at radius 1 is 1.12 bits per heavy atom. The van der Waals surface area contributed by atoms with Crippen molar-refractivity contribution in [3.05, 3.63) is 29.6 Å². The summed E-state index contributed by atoms with van der Waals surface area (Å²) < 4.78 is 50.9. The number of nitrogens with two attached hydrogens (primary N) is 1. The van der Waals surface area contributed by atoms with Crippen LogP contribution in [0.1, 0.15) is 74.5 Å². The number of aromatic nitrogens is 4. The number of carbonyl (C=O) groups excluding carboxylic acids is 1. The molecule has 3 aliphatic heterocycles. The molecule has 3 N–H and O–H groups in total. The quantitative estimate of drug-likeness (QED) is 0.422. The zero-order valence-corrected chi connectivity index (χ0v) is 21.9. The highest BCUT2D eigenvalue weighted by atomic mass is 19.4. The molecule has 1 aliphatic carbocycles. The standard InChI is InChI=1S/C26H31F3N8O3/c27-26(28,29)17-4-3-9-36(17)24(31)40-14-18-34-20(30)19-22(35-18)37(23(38)25(19)7-1-2-8-25)16-12-32-21(33-13-16)15-5-10-39-11-6-15/h12-13,15,17,31H,1-11,14H2,(H2,30,34,35)/t17-/m1/s1. The number of fused-ring (bicyclic) bond motifs is 2. The summed E-state index contributed by atoms with van der Waals surface area (Å²) in [7, 11) is 0. The topological polar surface area (TPSA) is 143 Å². The molecule has 14 heteroatoms. The van der Waals surface area contributed by atoms with Gasteiger partial charge in [-0.1, -0.05) is 12.8 Å². The third-order valence-electron chi connectivity index (χ3n) is 8.46. The minimum atomic E-state index is -4.46. The van der Waals surface area contributed by atoms with Crippen LogP contribution in [0.5, 0.6) is 0 Å². The number of halogens is 3. The van der Waals surface area contributed by atoms with Crippen LogP contribution in [0.15, 0.2) is 12.4 Å². The molecule has 3 fully saturated rings.